The zero-order chi connectivity index (χ0) is 14.5. The van der Waals surface area contributed by atoms with Crippen molar-refractivity contribution in [1.82, 2.24) is 0 Å². The number of ether oxygens (including phenoxy) is 2. The molecule has 0 saturated carbocycles. The highest BCUT2D eigenvalue weighted by Gasteiger charge is 2.26. The van der Waals surface area contributed by atoms with E-state index in [2.05, 4.69) is 6.92 Å². The Morgan fingerprint density at radius 2 is 2.00 bits per heavy atom. The van der Waals surface area contributed by atoms with E-state index in [1.807, 2.05) is 0 Å². The van der Waals surface area contributed by atoms with Crippen molar-refractivity contribution in [1.29, 1.82) is 0 Å². The molecule has 0 N–H and O–H groups in total. The van der Waals surface area contributed by atoms with Crippen LogP contribution in [0.2, 0.25) is 0 Å². The first kappa shape index (κ1) is 15.2. The van der Waals surface area contributed by atoms with E-state index in [1.54, 1.807) is 13.0 Å². The highest BCUT2D eigenvalue weighted by atomic mass is 19.2. The van der Waals surface area contributed by atoms with Crippen molar-refractivity contribution in [3.05, 3.63) is 29.3 Å². The van der Waals surface area contributed by atoms with E-state index >= 15 is 0 Å². The van der Waals surface area contributed by atoms with Gasteiger partial charge in [0.1, 0.15) is 0 Å². The van der Waals surface area contributed by atoms with Crippen LogP contribution in [0.1, 0.15) is 51.0 Å². The Labute approximate surface area is 119 Å². The van der Waals surface area contributed by atoms with Gasteiger partial charge in [0, 0.05) is 5.92 Å². The van der Waals surface area contributed by atoms with Crippen molar-refractivity contribution in [3.8, 4) is 5.75 Å². The van der Waals surface area contributed by atoms with Gasteiger partial charge in [0.2, 0.25) is 5.82 Å². The fraction of sp³-hybridized carbons (Fsp3) is 0.625. The Hall–Kier alpha value is -1.16. The topological polar surface area (TPSA) is 18.5 Å². The number of hydrogen-bond acceptors (Lipinski definition) is 2. The molecule has 1 aliphatic rings. The molecule has 4 heteroatoms. The van der Waals surface area contributed by atoms with Gasteiger partial charge in [0.25, 0.3) is 0 Å². The third-order valence-corrected chi connectivity index (χ3v) is 3.80. The predicted octanol–water partition coefficient (Wildman–Crippen LogP) is 4.43. The van der Waals surface area contributed by atoms with Gasteiger partial charge in [-0.2, -0.15) is 4.39 Å². The van der Waals surface area contributed by atoms with Crippen molar-refractivity contribution >= 4 is 0 Å². The molecule has 0 amide bonds. The Bertz CT molecular complexity index is 440. The predicted molar refractivity (Wildman–Crippen MR) is 74.2 cm³/mol. The molecule has 0 bridgehead atoms. The van der Waals surface area contributed by atoms with Crippen LogP contribution >= 0.6 is 0 Å². The summed E-state index contributed by atoms with van der Waals surface area (Å²) in [6, 6.07) is 3.13. The van der Waals surface area contributed by atoms with E-state index in [0.717, 1.165) is 25.7 Å². The molecule has 2 rings (SSSR count). The van der Waals surface area contributed by atoms with E-state index in [-0.39, 0.29) is 17.8 Å². The van der Waals surface area contributed by atoms with E-state index < -0.39 is 11.6 Å². The minimum atomic E-state index is -0.889. The third kappa shape index (κ3) is 3.29. The van der Waals surface area contributed by atoms with Gasteiger partial charge < -0.3 is 9.47 Å². The lowest BCUT2D eigenvalue weighted by molar-refractivity contribution is -0.00184. The molecule has 20 heavy (non-hydrogen) atoms. The zero-order valence-electron chi connectivity index (χ0n) is 12.1. The summed E-state index contributed by atoms with van der Waals surface area (Å²) in [6.07, 6.45) is 4.14. The maximum atomic E-state index is 14.1. The molecule has 1 saturated heterocycles. The summed E-state index contributed by atoms with van der Waals surface area (Å²) in [5.74, 6) is -1.76. The molecular weight excluding hydrogens is 262 g/mol. The zero-order valence-corrected chi connectivity index (χ0v) is 12.1. The van der Waals surface area contributed by atoms with Crippen LogP contribution in [0.5, 0.6) is 5.75 Å². The molecule has 112 valence electrons. The van der Waals surface area contributed by atoms with Crippen molar-refractivity contribution in [2.24, 2.45) is 0 Å². The lowest BCUT2D eigenvalue weighted by atomic mass is 9.90. The summed E-state index contributed by atoms with van der Waals surface area (Å²) in [5, 5.41) is 0. The average Bonchev–Trinajstić information content (AvgIpc) is 2.46. The molecule has 2 atom stereocenters. The molecule has 1 aromatic carbocycles. The molecule has 1 aliphatic heterocycles. The van der Waals surface area contributed by atoms with E-state index in [9.17, 15) is 8.78 Å². The highest BCUT2D eigenvalue weighted by molar-refractivity contribution is 5.33. The van der Waals surface area contributed by atoms with Crippen LogP contribution < -0.4 is 4.74 Å². The summed E-state index contributed by atoms with van der Waals surface area (Å²) in [7, 11) is 0. The van der Waals surface area contributed by atoms with E-state index in [0.29, 0.717) is 18.8 Å². The summed E-state index contributed by atoms with van der Waals surface area (Å²) in [6.45, 7) is 4.65. The highest BCUT2D eigenvalue weighted by Crippen LogP contribution is 2.34. The summed E-state index contributed by atoms with van der Waals surface area (Å²) < 4.78 is 38.8. The minimum Gasteiger partial charge on any atom is -0.491 e. The van der Waals surface area contributed by atoms with Crippen LogP contribution in [0.3, 0.4) is 0 Å². The van der Waals surface area contributed by atoms with Crippen LogP contribution in [0, 0.1) is 11.6 Å². The van der Waals surface area contributed by atoms with Gasteiger partial charge in [-0.1, -0.05) is 19.4 Å². The fourth-order valence-corrected chi connectivity index (χ4v) is 2.73. The van der Waals surface area contributed by atoms with Crippen LogP contribution in [0.15, 0.2) is 12.1 Å². The van der Waals surface area contributed by atoms with Crippen molar-refractivity contribution in [2.45, 2.75) is 51.6 Å². The maximum absolute atomic E-state index is 14.1. The van der Waals surface area contributed by atoms with Gasteiger partial charge in [0.05, 0.1) is 19.3 Å². The molecule has 0 spiro atoms. The first-order valence-electron chi connectivity index (χ1n) is 7.39. The Kier molecular flexibility index (Phi) is 5.35. The van der Waals surface area contributed by atoms with Gasteiger partial charge in [-0.05, 0) is 37.8 Å². The molecule has 1 fully saturated rings. The van der Waals surface area contributed by atoms with Crippen LogP contribution in [0.25, 0.3) is 0 Å². The molecule has 2 nitrogen and oxygen atoms in total. The molecule has 0 radical (unpaired) electrons. The Morgan fingerprint density at radius 3 is 2.60 bits per heavy atom. The number of halogens is 2. The smallest absolute Gasteiger partial charge is 0.200 e. The molecule has 1 aromatic rings. The van der Waals surface area contributed by atoms with Gasteiger partial charge in [-0.25, -0.2) is 4.39 Å². The second-order valence-electron chi connectivity index (χ2n) is 5.23. The van der Waals surface area contributed by atoms with Crippen LogP contribution in [0.4, 0.5) is 8.78 Å². The number of hydrogen-bond donors (Lipinski definition) is 0. The first-order valence-corrected chi connectivity index (χ1v) is 7.39. The van der Waals surface area contributed by atoms with Gasteiger partial charge in [0.15, 0.2) is 11.6 Å². The van der Waals surface area contributed by atoms with Crippen molar-refractivity contribution in [2.75, 3.05) is 13.2 Å². The van der Waals surface area contributed by atoms with E-state index in [4.69, 9.17) is 9.47 Å². The third-order valence-electron chi connectivity index (χ3n) is 3.80. The molecule has 0 aliphatic carbocycles. The second-order valence-corrected chi connectivity index (χ2v) is 5.23. The quantitative estimate of drug-likeness (QED) is 0.796. The standard InChI is InChI=1S/C16H22F2O2/c1-3-5-12-7-6-11(10-20-12)13-8-9-14(19-4-2)16(18)15(13)17/h8-9,11-12H,3-7,10H2,1-2H3/t11-,12?/m1/s1. The lowest BCUT2D eigenvalue weighted by Gasteiger charge is -2.29. The van der Waals surface area contributed by atoms with Crippen molar-refractivity contribution in [3.63, 3.8) is 0 Å². The van der Waals surface area contributed by atoms with Gasteiger partial charge in [-0.3, -0.25) is 0 Å². The normalized spacial score (nSPS) is 22.8. The molecular formula is C16H22F2O2. The maximum Gasteiger partial charge on any atom is 0.200 e. The van der Waals surface area contributed by atoms with E-state index in [1.165, 1.54) is 6.07 Å². The molecule has 1 heterocycles. The SMILES string of the molecule is CCCC1CC[C@@H](c2ccc(OCC)c(F)c2F)CO1. The van der Waals surface area contributed by atoms with Crippen LogP contribution in [-0.2, 0) is 4.74 Å². The van der Waals surface area contributed by atoms with Crippen molar-refractivity contribution < 1.29 is 18.3 Å². The summed E-state index contributed by atoms with van der Waals surface area (Å²) in [4.78, 5) is 0. The summed E-state index contributed by atoms with van der Waals surface area (Å²) in [5.41, 5.74) is 0.404. The Balaban J connectivity index is 2.08. The average molecular weight is 284 g/mol. The van der Waals surface area contributed by atoms with Gasteiger partial charge >= 0.3 is 0 Å². The molecule has 1 unspecified atom stereocenters. The molecule has 0 aromatic heterocycles. The minimum absolute atomic E-state index is 0.0191. The van der Waals surface area contributed by atoms with Crippen LogP contribution in [-0.4, -0.2) is 19.3 Å². The number of rotatable bonds is 5. The lowest BCUT2D eigenvalue weighted by Crippen LogP contribution is -2.25. The fourth-order valence-electron chi connectivity index (χ4n) is 2.73. The number of benzene rings is 1. The second kappa shape index (κ2) is 7.02. The Morgan fingerprint density at radius 1 is 1.20 bits per heavy atom. The first-order chi connectivity index (χ1) is 9.67. The monoisotopic (exact) mass is 284 g/mol. The largest absolute Gasteiger partial charge is 0.491 e. The van der Waals surface area contributed by atoms with Gasteiger partial charge in [-0.15, -0.1) is 0 Å². The summed E-state index contributed by atoms with van der Waals surface area (Å²) >= 11 is 0.